The molecule has 0 aliphatic rings. The topological polar surface area (TPSA) is 13.1 Å². The van der Waals surface area contributed by atoms with Gasteiger partial charge in [0, 0.05) is 10.8 Å². The smallest absolute Gasteiger partial charge is 0.135 e. The lowest BCUT2D eigenvalue weighted by molar-refractivity contribution is 0.669. The van der Waals surface area contributed by atoms with Crippen LogP contribution in [0.1, 0.15) is 19.2 Å². The van der Waals surface area contributed by atoms with E-state index in [2.05, 4.69) is 0 Å². The van der Waals surface area contributed by atoms with Crippen molar-refractivity contribution in [2.45, 2.75) is 0 Å². The van der Waals surface area contributed by atoms with Gasteiger partial charge in [0.15, 0.2) is 0 Å². The average molecular weight is 485 g/mol. The molecule has 0 bridgehead atoms. The molecule has 37 heavy (non-hydrogen) atoms. The monoisotopic (exact) mass is 484 g/mol. The van der Waals surface area contributed by atoms with E-state index in [1.807, 2.05) is 0 Å². The molecule has 0 spiro atoms. The summed E-state index contributed by atoms with van der Waals surface area (Å²) < 4.78 is 128. The molecule has 1 aromatic heterocycles. The van der Waals surface area contributed by atoms with E-state index < -0.39 is 78.6 Å². The van der Waals surface area contributed by atoms with Gasteiger partial charge in [0.2, 0.25) is 0 Å². The van der Waals surface area contributed by atoms with Crippen LogP contribution in [0.5, 0.6) is 0 Å². The summed E-state index contributed by atoms with van der Waals surface area (Å²) in [6, 6.07) is 7.06. The summed E-state index contributed by atoms with van der Waals surface area (Å²) in [6.45, 7) is 0. The number of benzene rings is 7. The molecular formula is C36H22O. The van der Waals surface area contributed by atoms with Gasteiger partial charge < -0.3 is 4.42 Å². The van der Waals surface area contributed by atoms with Gasteiger partial charge in [-0.05, 0) is 72.7 Å². The van der Waals surface area contributed by atoms with Crippen LogP contribution in [0.15, 0.2) is 138 Å². The third kappa shape index (κ3) is 2.98. The average Bonchev–Trinajstić information content (AvgIpc) is 3.54. The van der Waals surface area contributed by atoms with Crippen molar-refractivity contribution in [1.29, 1.82) is 0 Å². The Kier molecular flexibility index (Phi) is 2.33. The molecule has 0 saturated heterocycles. The predicted molar refractivity (Wildman–Crippen MR) is 157 cm³/mol. The first-order valence-corrected chi connectivity index (χ1v) is 11.6. The van der Waals surface area contributed by atoms with Crippen LogP contribution in [-0.2, 0) is 0 Å². The van der Waals surface area contributed by atoms with Crippen molar-refractivity contribution < 1.29 is 23.6 Å². The predicted octanol–water partition coefficient (Wildman–Crippen LogP) is 10.4. The Morgan fingerprint density at radius 2 is 1.05 bits per heavy atom. The minimum Gasteiger partial charge on any atom is -0.456 e. The Labute approximate surface area is 233 Å². The van der Waals surface area contributed by atoms with Crippen molar-refractivity contribution in [2.75, 3.05) is 0 Å². The van der Waals surface area contributed by atoms with Crippen LogP contribution in [0, 0.1) is 0 Å². The molecule has 0 radical (unpaired) electrons. The highest BCUT2D eigenvalue weighted by Crippen LogP contribution is 2.45. The zero-order chi connectivity index (χ0) is 36.5. The molecular weight excluding hydrogens is 448 g/mol. The van der Waals surface area contributed by atoms with E-state index >= 15 is 0 Å². The van der Waals surface area contributed by atoms with Crippen LogP contribution >= 0.6 is 0 Å². The first-order valence-electron chi connectivity index (χ1n) is 18.6. The van der Waals surface area contributed by atoms with Crippen LogP contribution in [0.2, 0.25) is 0 Å². The van der Waals surface area contributed by atoms with Crippen molar-refractivity contribution >= 4 is 54.3 Å². The molecule has 7 aromatic carbocycles. The highest BCUT2D eigenvalue weighted by Gasteiger charge is 2.18. The molecule has 8 aromatic rings. The summed E-state index contributed by atoms with van der Waals surface area (Å²) >= 11 is 0. The number of hydrogen-bond donors (Lipinski definition) is 0. The molecule has 0 atom stereocenters. The molecule has 0 aliphatic carbocycles. The fourth-order valence-electron chi connectivity index (χ4n) is 5.10. The maximum absolute atomic E-state index is 9.49. The lowest BCUT2D eigenvalue weighted by Crippen LogP contribution is -1.91. The molecule has 0 aliphatic heterocycles. The van der Waals surface area contributed by atoms with E-state index in [-0.39, 0.29) is 49.9 Å². The van der Waals surface area contributed by atoms with E-state index in [4.69, 9.17) is 20.9 Å². The van der Waals surface area contributed by atoms with Crippen LogP contribution in [-0.4, -0.2) is 0 Å². The third-order valence-electron chi connectivity index (χ3n) is 6.63. The number of rotatable bonds is 2. The van der Waals surface area contributed by atoms with E-state index in [1.54, 1.807) is 48.5 Å². The van der Waals surface area contributed by atoms with Gasteiger partial charge in [-0.15, -0.1) is 0 Å². The number of para-hydroxylation sites is 1. The van der Waals surface area contributed by atoms with Gasteiger partial charge in [0.05, 0.1) is 19.2 Å². The molecule has 0 saturated carbocycles. The molecule has 0 unspecified atom stereocenters. The van der Waals surface area contributed by atoms with Gasteiger partial charge in [0.1, 0.15) is 11.2 Å². The van der Waals surface area contributed by atoms with Crippen LogP contribution < -0.4 is 0 Å². The second-order valence-corrected chi connectivity index (χ2v) is 8.60. The molecule has 1 nitrogen and oxygen atoms in total. The zero-order valence-electron chi connectivity index (χ0n) is 33.0. The summed E-state index contributed by atoms with van der Waals surface area (Å²) in [4.78, 5) is 0. The van der Waals surface area contributed by atoms with Crippen LogP contribution in [0.4, 0.5) is 0 Å². The largest absolute Gasteiger partial charge is 0.456 e. The van der Waals surface area contributed by atoms with Gasteiger partial charge in [-0.2, -0.15) is 0 Å². The maximum atomic E-state index is 9.49. The van der Waals surface area contributed by atoms with E-state index in [0.29, 0.717) is 32.7 Å². The highest BCUT2D eigenvalue weighted by atomic mass is 16.3. The summed E-state index contributed by atoms with van der Waals surface area (Å²) in [5.74, 6) is 0. The van der Waals surface area contributed by atoms with Gasteiger partial charge in [-0.25, -0.2) is 0 Å². The van der Waals surface area contributed by atoms with Gasteiger partial charge >= 0.3 is 0 Å². The Morgan fingerprint density at radius 3 is 1.81 bits per heavy atom. The molecule has 1 heteroatoms. The van der Waals surface area contributed by atoms with Crippen LogP contribution in [0.25, 0.3) is 76.5 Å². The lowest BCUT2D eigenvalue weighted by Gasteiger charge is -2.18. The highest BCUT2D eigenvalue weighted by molar-refractivity contribution is 6.24. The quantitative estimate of drug-likeness (QED) is 0.222. The van der Waals surface area contributed by atoms with Gasteiger partial charge in [-0.3, -0.25) is 0 Å². The minimum absolute atomic E-state index is 0.0119. The lowest BCUT2D eigenvalue weighted by atomic mass is 9.84. The summed E-state index contributed by atoms with van der Waals surface area (Å²) in [5, 5.41) is 1.34. The molecule has 172 valence electrons. The second kappa shape index (κ2) is 7.81. The molecule has 0 N–H and O–H groups in total. The molecule has 0 amide bonds. The van der Waals surface area contributed by atoms with Crippen molar-refractivity contribution in [1.82, 2.24) is 0 Å². The maximum Gasteiger partial charge on any atom is 0.135 e. The summed E-state index contributed by atoms with van der Waals surface area (Å²) in [7, 11) is 0. The minimum atomic E-state index is -0.571. The normalized spacial score (nSPS) is 17.1. The fourth-order valence-corrected chi connectivity index (χ4v) is 5.10. The van der Waals surface area contributed by atoms with Crippen molar-refractivity contribution in [3.8, 4) is 22.3 Å². The summed E-state index contributed by atoms with van der Waals surface area (Å²) in [6.07, 6.45) is 0. The Hall–Kier alpha value is -4.88. The zero-order valence-corrected chi connectivity index (χ0v) is 19.0. The Balaban J connectivity index is 1.62. The SMILES string of the molecule is [2H]c1c([2H])c([2H])c2c(oc3c([2H])c([2H])c(-c4c5ccccc5c(-c5c([2H])c([2H])c([2H])c6c([2H])c([2H])c([2H])c([2H])c56)c5ccccc45)c([2H])c32)c1[2H]. The first kappa shape index (κ1) is 11.0. The van der Waals surface area contributed by atoms with Gasteiger partial charge in [-0.1, -0.05) is 115 Å². The van der Waals surface area contributed by atoms with Crippen LogP contribution in [0.3, 0.4) is 0 Å². The summed E-state index contributed by atoms with van der Waals surface area (Å²) in [5.41, 5.74) is 0.227. The van der Waals surface area contributed by atoms with E-state index in [0.717, 1.165) is 0 Å². The molecule has 1 heterocycles. The van der Waals surface area contributed by atoms with Crippen molar-refractivity contribution in [3.63, 3.8) is 0 Å². The molecule has 8 rings (SSSR count). The van der Waals surface area contributed by atoms with E-state index in [9.17, 15) is 2.74 Å². The number of hydrogen-bond acceptors (Lipinski definition) is 1. The Morgan fingerprint density at radius 1 is 0.459 bits per heavy atom. The fraction of sp³-hybridized carbons (Fsp3) is 0. The first-order chi connectivity index (χ1) is 24.2. The van der Waals surface area contributed by atoms with Crippen molar-refractivity contribution in [3.05, 3.63) is 133 Å². The molecule has 0 fully saturated rings. The third-order valence-corrected chi connectivity index (χ3v) is 6.63. The standard InChI is InChI=1S/C36H22O/c1-2-12-25-23(10-1)11-9-18-27(25)36-30-16-5-3-14-28(30)35(29-15-4-6-17-31(29)36)24-20-21-34-32(22-24)26-13-7-8-19-33(26)37-34/h1-22H/i1D,2D,7D,8D,9D,10D,11D,12D,13D,18D,19D,20D,21D,22D. The van der Waals surface area contributed by atoms with Crippen molar-refractivity contribution in [2.24, 2.45) is 0 Å². The number of furan rings is 1. The Bertz CT molecular complexity index is 2850. The second-order valence-electron chi connectivity index (χ2n) is 8.60. The van der Waals surface area contributed by atoms with E-state index in [1.165, 1.54) is 0 Å². The number of fused-ring (bicyclic) bond motifs is 6. The van der Waals surface area contributed by atoms with Gasteiger partial charge in [0.25, 0.3) is 0 Å².